The highest BCUT2D eigenvalue weighted by Crippen LogP contribution is 2.35. The average molecular weight is 420 g/mol. The third-order valence-corrected chi connectivity index (χ3v) is 5.11. The molecule has 0 saturated carbocycles. The maximum Gasteiger partial charge on any atom is 0.249 e. The molecule has 0 radical (unpaired) electrons. The summed E-state index contributed by atoms with van der Waals surface area (Å²) in [6.07, 6.45) is 0. The van der Waals surface area contributed by atoms with E-state index in [0.29, 0.717) is 41.3 Å². The van der Waals surface area contributed by atoms with Gasteiger partial charge >= 0.3 is 0 Å². The second-order valence-electron chi connectivity index (χ2n) is 6.77. The summed E-state index contributed by atoms with van der Waals surface area (Å²) in [5.74, 6) is 2.26. The van der Waals surface area contributed by atoms with Crippen molar-refractivity contribution >= 4 is 17.3 Å². The Bertz CT molecular complexity index is 1160. The first-order valence-electron chi connectivity index (χ1n) is 9.57. The van der Waals surface area contributed by atoms with E-state index in [4.69, 9.17) is 25.5 Å². The third-order valence-electron chi connectivity index (χ3n) is 4.78. The second kappa shape index (κ2) is 8.08. The SMILES string of the molecule is Clc1ccccc1-c1nnc([C@H](Nc2ccc3c(c2)OCCO3)c2ccccc2)o1. The first-order chi connectivity index (χ1) is 14.8. The van der Waals surface area contributed by atoms with Crippen molar-refractivity contribution in [2.45, 2.75) is 6.04 Å². The highest BCUT2D eigenvalue weighted by Gasteiger charge is 2.23. The molecule has 2 heterocycles. The van der Waals surface area contributed by atoms with Crippen LogP contribution in [0.15, 0.2) is 77.2 Å². The zero-order valence-electron chi connectivity index (χ0n) is 15.9. The van der Waals surface area contributed by atoms with Gasteiger partial charge in [-0.05, 0) is 29.8 Å². The Hall–Kier alpha value is -3.51. The number of halogens is 1. The molecule has 0 unspecified atom stereocenters. The lowest BCUT2D eigenvalue weighted by molar-refractivity contribution is 0.171. The fourth-order valence-electron chi connectivity index (χ4n) is 3.33. The van der Waals surface area contributed by atoms with Crippen LogP contribution in [0.1, 0.15) is 17.5 Å². The molecule has 0 fully saturated rings. The van der Waals surface area contributed by atoms with Crippen LogP contribution in [-0.4, -0.2) is 23.4 Å². The Balaban J connectivity index is 1.50. The first kappa shape index (κ1) is 18.5. The van der Waals surface area contributed by atoms with E-state index in [1.165, 1.54) is 0 Å². The van der Waals surface area contributed by atoms with E-state index in [9.17, 15) is 0 Å². The Labute approximate surface area is 178 Å². The maximum absolute atomic E-state index is 6.29. The highest BCUT2D eigenvalue weighted by molar-refractivity contribution is 6.33. The van der Waals surface area contributed by atoms with Crippen molar-refractivity contribution in [3.63, 3.8) is 0 Å². The van der Waals surface area contributed by atoms with Crippen LogP contribution in [0.2, 0.25) is 5.02 Å². The molecule has 6 nitrogen and oxygen atoms in total. The number of nitrogens with one attached hydrogen (secondary N) is 1. The number of hydrogen-bond acceptors (Lipinski definition) is 6. The van der Waals surface area contributed by atoms with E-state index in [2.05, 4.69) is 15.5 Å². The number of anilines is 1. The number of ether oxygens (including phenoxy) is 2. The summed E-state index contributed by atoms with van der Waals surface area (Å²) >= 11 is 6.29. The topological polar surface area (TPSA) is 69.4 Å². The Morgan fingerprint density at radius 1 is 0.833 bits per heavy atom. The van der Waals surface area contributed by atoms with E-state index in [0.717, 1.165) is 17.0 Å². The summed E-state index contributed by atoms with van der Waals surface area (Å²) in [5, 5.41) is 12.6. The molecule has 3 aromatic carbocycles. The van der Waals surface area contributed by atoms with E-state index < -0.39 is 0 Å². The highest BCUT2D eigenvalue weighted by atomic mass is 35.5. The third kappa shape index (κ3) is 3.69. The van der Waals surface area contributed by atoms with Gasteiger partial charge < -0.3 is 19.2 Å². The number of benzene rings is 3. The van der Waals surface area contributed by atoms with Crippen LogP contribution in [-0.2, 0) is 0 Å². The molecule has 1 aliphatic rings. The van der Waals surface area contributed by atoms with Gasteiger partial charge in [0.1, 0.15) is 19.3 Å². The predicted molar refractivity (Wildman–Crippen MR) is 114 cm³/mol. The van der Waals surface area contributed by atoms with Gasteiger partial charge in [-0.1, -0.05) is 54.1 Å². The molecule has 0 amide bonds. The van der Waals surface area contributed by atoms with Crippen LogP contribution >= 0.6 is 11.6 Å². The fraction of sp³-hybridized carbons (Fsp3) is 0.130. The number of rotatable bonds is 5. The summed E-state index contributed by atoms with van der Waals surface area (Å²) in [6.45, 7) is 1.09. The van der Waals surface area contributed by atoms with Gasteiger partial charge in [-0.2, -0.15) is 0 Å². The molecule has 150 valence electrons. The molecule has 0 saturated heterocycles. The standard InChI is InChI=1S/C23H18ClN3O3/c24-18-9-5-4-8-17(18)22-26-27-23(30-22)21(15-6-2-1-3-7-15)25-16-10-11-19-20(14-16)29-13-12-28-19/h1-11,14,21,25H,12-13H2/t21-/m1/s1. The molecule has 1 aliphatic heterocycles. The summed E-state index contributed by atoms with van der Waals surface area (Å²) in [5.41, 5.74) is 2.54. The van der Waals surface area contributed by atoms with Gasteiger partial charge in [0.05, 0.1) is 10.6 Å². The van der Waals surface area contributed by atoms with E-state index in [1.807, 2.05) is 66.7 Å². The Morgan fingerprint density at radius 2 is 1.60 bits per heavy atom. The Kier molecular flexibility index (Phi) is 4.99. The molecule has 30 heavy (non-hydrogen) atoms. The largest absolute Gasteiger partial charge is 0.486 e. The average Bonchev–Trinajstić information content (AvgIpc) is 3.28. The van der Waals surface area contributed by atoms with Gasteiger partial charge in [0.25, 0.3) is 0 Å². The molecule has 7 heteroatoms. The zero-order chi connectivity index (χ0) is 20.3. The molecular formula is C23H18ClN3O3. The van der Waals surface area contributed by atoms with Crippen LogP contribution in [0.5, 0.6) is 11.5 Å². The van der Waals surface area contributed by atoms with Gasteiger partial charge in [-0.3, -0.25) is 0 Å². The monoisotopic (exact) mass is 419 g/mol. The summed E-state index contributed by atoms with van der Waals surface area (Å²) in [4.78, 5) is 0. The van der Waals surface area contributed by atoms with Crippen molar-refractivity contribution in [3.05, 3.63) is 89.3 Å². The van der Waals surface area contributed by atoms with E-state index >= 15 is 0 Å². The minimum absolute atomic E-state index is 0.350. The van der Waals surface area contributed by atoms with Gasteiger partial charge in [-0.15, -0.1) is 10.2 Å². The second-order valence-corrected chi connectivity index (χ2v) is 7.18. The van der Waals surface area contributed by atoms with Crippen LogP contribution in [0, 0.1) is 0 Å². The molecule has 4 aromatic rings. The first-order valence-corrected chi connectivity index (χ1v) is 9.95. The van der Waals surface area contributed by atoms with Crippen LogP contribution in [0.3, 0.4) is 0 Å². The van der Waals surface area contributed by atoms with Crippen LogP contribution in [0.25, 0.3) is 11.5 Å². The number of aromatic nitrogens is 2. The van der Waals surface area contributed by atoms with Crippen molar-refractivity contribution in [2.75, 3.05) is 18.5 Å². The summed E-state index contributed by atoms with van der Waals surface area (Å²) < 4.78 is 17.3. The number of fused-ring (bicyclic) bond motifs is 1. The van der Waals surface area contributed by atoms with Crippen molar-refractivity contribution in [3.8, 4) is 23.0 Å². The molecule has 0 bridgehead atoms. The number of nitrogens with zero attached hydrogens (tertiary/aromatic N) is 2. The normalized spacial score (nSPS) is 13.6. The van der Waals surface area contributed by atoms with E-state index in [-0.39, 0.29) is 6.04 Å². The van der Waals surface area contributed by atoms with Gasteiger partial charge in [-0.25, -0.2) is 0 Å². The van der Waals surface area contributed by atoms with Crippen molar-refractivity contribution in [1.82, 2.24) is 10.2 Å². The minimum atomic E-state index is -0.350. The Morgan fingerprint density at radius 3 is 2.43 bits per heavy atom. The lowest BCUT2D eigenvalue weighted by Crippen LogP contribution is -2.16. The molecule has 0 spiro atoms. The van der Waals surface area contributed by atoms with Crippen molar-refractivity contribution in [1.29, 1.82) is 0 Å². The maximum atomic E-state index is 6.29. The minimum Gasteiger partial charge on any atom is -0.486 e. The van der Waals surface area contributed by atoms with Gasteiger partial charge in [0.15, 0.2) is 11.5 Å². The van der Waals surface area contributed by atoms with Crippen molar-refractivity contribution < 1.29 is 13.9 Å². The molecule has 5 rings (SSSR count). The lowest BCUT2D eigenvalue weighted by Gasteiger charge is -2.21. The molecule has 1 atom stereocenters. The smallest absolute Gasteiger partial charge is 0.249 e. The van der Waals surface area contributed by atoms with E-state index in [1.54, 1.807) is 6.07 Å². The van der Waals surface area contributed by atoms with Crippen molar-refractivity contribution in [2.24, 2.45) is 0 Å². The van der Waals surface area contributed by atoms with Gasteiger partial charge in [0.2, 0.25) is 11.8 Å². The number of hydrogen-bond donors (Lipinski definition) is 1. The lowest BCUT2D eigenvalue weighted by atomic mass is 10.1. The summed E-state index contributed by atoms with van der Waals surface area (Å²) in [6, 6.07) is 22.7. The molecule has 0 aliphatic carbocycles. The summed E-state index contributed by atoms with van der Waals surface area (Å²) in [7, 11) is 0. The molecular weight excluding hydrogens is 402 g/mol. The quantitative estimate of drug-likeness (QED) is 0.469. The zero-order valence-corrected chi connectivity index (χ0v) is 16.7. The predicted octanol–water partition coefficient (Wildman–Crippen LogP) is 5.36. The molecule has 1 N–H and O–H groups in total. The van der Waals surface area contributed by atoms with Crippen LogP contribution in [0.4, 0.5) is 5.69 Å². The molecule has 1 aromatic heterocycles. The van der Waals surface area contributed by atoms with Gasteiger partial charge in [0, 0.05) is 11.8 Å². The van der Waals surface area contributed by atoms with Crippen LogP contribution < -0.4 is 14.8 Å². The fourth-order valence-corrected chi connectivity index (χ4v) is 3.54.